The highest BCUT2D eigenvalue weighted by molar-refractivity contribution is 7.90. The van der Waals surface area contributed by atoms with E-state index in [2.05, 4.69) is 10.3 Å². The number of thiazole rings is 1. The Kier molecular flexibility index (Phi) is 4.77. The van der Waals surface area contributed by atoms with Gasteiger partial charge in [-0.1, -0.05) is 18.2 Å². The first-order chi connectivity index (χ1) is 13.8. The Morgan fingerprint density at radius 3 is 2.66 bits per heavy atom. The fourth-order valence-electron chi connectivity index (χ4n) is 2.83. The maximum atomic E-state index is 12.7. The van der Waals surface area contributed by atoms with Crippen molar-refractivity contribution in [2.45, 2.75) is 4.90 Å². The van der Waals surface area contributed by atoms with Gasteiger partial charge >= 0.3 is 0 Å². The molecule has 7 nitrogen and oxygen atoms in total. The van der Waals surface area contributed by atoms with Crippen molar-refractivity contribution in [3.8, 4) is 11.3 Å². The summed E-state index contributed by atoms with van der Waals surface area (Å²) < 4.78 is 29.6. The zero-order valence-corrected chi connectivity index (χ0v) is 16.7. The van der Waals surface area contributed by atoms with Gasteiger partial charge in [0.1, 0.15) is 5.76 Å². The van der Waals surface area contributed by atoms with E-state index < -0.39 is 15.7 Å². The minimum atomic E-state index is -3.43. The smallest absolute Gasteiger partial charge is 0.261 e. The fraction of sp³-hybridized carbons (Fsp3) is 0.0500. The lowest BCUT2D eigenvalue weighted by Gasteiger charge is -2.08. The van der Waals surface area contributed by atoms with E-state index in [1.807, 2.05) is 0 Å². The third-order valence-corrected chi connectivity index (χ3v) is 6.00. The molecule has 4 aromatic rings. The lowest BCUT2D eigenvalue weighted by atomic mass is 10.1. The number of amides is 1. The van der Waals surface area contributed by atoms with Gasteiger partial charge in [-0.05, 0) is 24.3 Å². The molecule has 0 radical (unpaired) electrons. The molecular weight excluding hydrogens is 412 g/mol. The predicted molar refractivity (Wildman–Crippen MR) is 111 cm³/mol. The number of benzene rings is 2. The van der Waals surface area contributed by atoms with Crippen molar-refractivity contribution in [1.29, 1.82) is 0 Å². The molecule has 0 saturated heterocycles. The number of rotatable bonds is 4. The molecule has 0 aliphatic carbocycles. The molecular formula is C20H14N2O5S2. The summed E-state index contributed by atoms with van der Waals surface area (Å²) in [7, 11) is -3.43. The summed E-state index contributed by atoms with van der Waals surface area (Å²) in [5, 5.41) is 5.07. The Balaban J connectivity index is 1.86. The summed E-state index contributed by atoms with van der Waals surface area (Å²) in [5.41, 5.74) is 0.377. The van der Waals surface area contributed by atoms with E-state index in [0.29, 0.717) is 10.7 Å². The Hall–Kier alpha value is -3.30. The van der Waals surface area contributed by atoms with Gasteiger partial charge in [0, 0.05) is 29.5 Å². The number of sulfone groups is 1. The van der Waals surface area contributed by atoms with E-state index in [0.717, 1.165) is 6.26 Å². The zero-order chi connectivity index (χ0) is 20.6. The molecule has 2 aromatic heterocycles. The molecule has 0 bridgehead atoms. The number of aromatic nitrogens is 1. The van der Waals surface area contributed by atoms with Crippen LogP contribution in [0.5, 0.6) is 0 Å². The normalized spacial score (nSPS) is 11.5. The lowest BCUT2D eigenvalue weighted by molar-refractivity contribution is 0.102. The first kappa shape index (κ1) is 19.0. The Labute approximate surface area is 169 Å². The lowest BCUT2D eigenvalue weighted by Crippen LogP contribution is -2.13. The summed E-state index contributed by atoms with van der Waals surface area (Å²) in [6, 6.07) is 12.1. The average molecular weight is 426 g/mol. The minimum Gasteiger partial charge on any atom is -0.455 e. The van der Waals surface area contributed by atoms with Crippen molar-refractivity contribution >= 4 is 43.2 Å². The first-order valence-electron chi connectivity index (χ1n) is 8.41. The molecule has 1 N–H and O–H groups in total. The monoisotopic (exact) mass is 426 g/mol. The van der Waals surface area contributed by atoms with Crippen LogP contribution in [-0.2, 0) is 9.84 Å². The Morgan fingerprint density at radius 1 is 1.14 bits per heavy atom. The number of para-hydroxylation sites is 1. The standard InChI is InChI=1S/C20H14N2O5S2/c1-29(25,26)13-5-2-4-12(10-13)17-11-16(23)14-6-3-7-15(18(14)27-17)19(24)22-20-21-8-9-28-20/h2-11H,1H3,(H,21,22,24). The van der Waals surface area contributed by atoms with Gasteiger partial charge in [-0.2, -0.15) is 0 Å². The van der Waals surface area contributed by atoms with Crippen LogP contribution in [0.1, 0.15) is 10.4 Å². The number of hydrogen-bond acceptors (Lipinski definition) is 7. The van der Waals surface area contributed by atoms with Crippen molar-refractivity contribution in [3.63, 3.8) is 0 Å². The van der Waals surface area contributed by atoms with Crippen LogP contribution >= 0.6 is 11.3 Å². The van der Waals surface area contributed by atoms with Gasteiger partial charge in [-0.15, -0.1) is 11.3 Å². The van der Waals surface area contributed by atoms with Gasteiger partial charge in [-0.25, -0.2) is 13.4 Å². The SMILES string of the molecule is CS(=O)(=O)c1cccc(-c2cc(=O)c3cccc(C(=O)Nc4nccs4)c3o2)c1. The molecule has 0 aliphatic heterocycles. The summed E-state index contributed by atoms with van der Waals surface area (Å²) in [6.07, 6.45) is 2.67. The maximum Gasteiger partial charge on any atom is 0.261 e. The van der Waals surface area contributed by atoms with Gasteiger partial charge in [0.15, 0.2) is 26.0 Å². The van der Waals surface area contributed by atoms with Crippen LogP contribution in [0.2, 0.25) is 0 Å². The minimum absolute atomic E-state index is 0.104. The number of anilines is 1. The number of fused-ring (bicyclic) bond motifs is 1. The molecule has 0 spiro atoms. The molecule has 29 heavy (non-hydrogen) atoms. The molecule has 4 rings (SSSR count). The third-order valence-electron chi connectivity index (χ3n) is 4.20. The quantitative estimate of drug-likeness (QED) is 0.535. The summed E-state index contributed by atoms with van der Waals surface area (Å²) in [6.45, 7) is 0. The number of nitrogens with zero attached hydrogens (tertiary/aromatic N) is 1. The van der Waals surface area contributed by atoms with E-state index in [1.54, 1.807) is 41.9 Å². The maximum absolute atomic E-state index is 12.7. The second-order valence-electron chi connectivity index (χ2n) is 6.25. The molecule has 0 aliphatic rings. The van der Waals surface area contributed by atoms with Crippen molar-refractivity contribution in [3.05, 3.63) is 75.9 Å². The molecule has 0 unspecified atom stereocenters. The predicted octanol–water partition coefficient (Wildman–Crippen LogP) is 3.57. The molecule has 146 valence electrons. The largest absolute Gasteiger partial charge is 0.455 e. The van der Waals surface area contributed by atoms with Crippen LogP contribution in [0, 0.1) is 0 Å². The summed E-state index contributed by atoms with van der Waals surface area (Å²) in [5.74, 6) is -0.293. The van der Waals surface area contributed by atoms with Crippen molar-refractivity contribution < 1.29 is 17.6 Å². The van der Waals surface area contributed by atoms with Crippen LogP contribution in [0.25, 0.3) is 22.3 Å². The van der Waals surface area contributed by atoms with E-state index in [4.69, 9.17) is 4.42 Å². The Morgan fingerprint density at radius 2 is 1.93 bits per heavy atom. The van der Waals surface area contributed by atoms with Crippen molar-refractivity contribution in [2.24, 2.45) is 0 Å². The van der Waals surface area contributed by atoms with Gasteiger partial charge in [-0.3, -0.25) is 14.9 Å². The molecule has 9 heteroatoms. The molecule has 1 amide bonds. The van der Waals surface area contributed by atoms with Crippen LogP contribution in [0.3, 0.4) is 0 Å². The fourth-order valence-corrected chi connectivity index (χ4v) is 4.02. The number of carbonyl (C=O) groups excluding carboxylic acids is 1. The number of carbonyl (C=O) groups is 1. The van der Waals surface area contributed by atoms with E-state index >= 15 is 0 Å². The van der Waals surface area contributed by atoms with Crippen LogP contribution in [-0.4, -0.2) is 25.6 Å². The van der Waals surface area contributed by atoms with Crippen LogP contribution in [0.15, 0.2) is 74.2 Å². The first-order valence-corrected chi connectivity index (χ1v) is 11.2. The Bertz CT molecular complexity index is 1390. The summed E-state index contributed by atoms with van der Waals surface area (Å²) >= 11 is 1.27. The zero-order valence-electron chi connectivity index (χ0n) is 15.1. The highest BCUT2D eigenvalue weighted by atomic mass is 32.2. The van der Waals surface area contributed by atoms with Gasteiger partial charge in [0.05, 0.1) is 15.8 Å². The van der Waals surface area contributed by atoms with Crippen molar-refractivity contribution in [2.75, 3.05) is 11.6 Å². The van der Waals surface area contributed by atoms with E-state index in [1.165, 1.54) is 29.5 Å². The molecule has 2 heterocycles. The molecule has 0 fully saturated rings. The second kappa shape index (κ2) is 7.26. The number of hydrogen-bond donors (Lipinski definition) is 1. The number of nitrogens with one attached hydrogen (secondary N) is 1. The molecule has 2 aromatic carbocycles. The van der Waals surface area contributed by atoms with E-state index in [-0.39, 0.29) is 32.6 Å². The van der Waals surface area contributed by atoms with E-state index in [9.17, 15) is 18.0 Å². The van der Waals surface area contributed by atoms with Gasteiger partial charge in [0.2, 0.25) is 0 Å². The molecule has 0 atom stereocenters. The summed E-state index contributed by atoms with van der Waals surface area (Å²) in [4.78, 5) is 29.4. The van der Waals surface area contributed by atoms with Crippen LogP contribution in [0.4, 0.5) is 5.13 Å². The second-order valence-corrected chi connectivity index (χ2v) is 9.16. The highest BCUT2D eigenvalue weighted by Gasteiger charge is 2.17. The molecule has 0 saturated carbocycles. The third kappa shape index (κ3) is 3.82. The van der Waals surface area contributed by atoms with Crippen LogP contribution < -0.4 is 10.7 Å². The van der Waals surface area contributed by atoms with Crippen molar-refractivity contribution in [1.82, 2.24) is 4.98 Å². The van der Waals surface area contributed by atoms with Gasteiger partial charge < -0.3 is 4.42 Å². The van der Waals surface area contributed by atoms with Gasteiger partial charge in [0.25, 0.3) is 5.91 Å². The topological polar surface area (TPSA) is 106 Å². The highest BCUT2D eigenvalue weighted by Crippen LogP contribution is 2.27. The average Bonchev–Trinajstić information content (AvgIpc) is 3.20.